The number of pyridine rings is 3. The maximum Gasteiger partial charge on any atom is 0.404 e. The van der Waals surface area contributed by atoms with Crippen LogP contribution in [0.4, 0.5) is 13.2 Å². The van der Waals surface area contributed by atoms with Crippen LogP contribution in [0.5, 0.6) is 0 Å². The van der Waals surface area contributed by atoms with Crippen LogP contribution in [-0.4, -0.2) is 40.2 Å². The highest BCUT2D eigenvalue weighted by Gasteiger charge is 2.39. The van der Waals surface area contributed by atoms with Crippen molar-refractivity contribution in [1.82, 2.24) is 24.2 Å². The number of aromatic nitrogens is 4. The fourth-order valence-electron chi connectivity index (χ4n) is 3.42. The van der Waals surface area contributed by atoms with Crippen molar-refractivity contribution >= 4 is 21.1 Å². The number of alkyl halides is 3. The van der Waals surface area contributed by atoms with Gasteiger partial charge in [-0.05, 0) is 49.7 Å². The van der Waals surface area contributed by atoms with Gasteiger partial charge in [-0.25, -0.2) is 13.4 Å². The summed E-state index contributed by atoms with van der Waals surface area (Å²) in [7, 11) is -4.47. The number of rotatable bonds is 5. The summed E-state index contributed by atoms with van der Waals surface area (Å²) < 4.78 is 66.5. The number of hydrogen-bond donors (Lipinski definition) is 1. The summed E-state index contributed by atoms with van der Waals surface area (Å²) >= 11 is 0. The summed E-state index contributed by atoms with van der Waals surface area (Å²) in [5.74, 6) is 0. The Morgan fingerprint density at radius 2 is 1.82 bits per heavy atom. The van der Waals surface area contributed by atoms with E-state index in [9.17, 15) is 26.9 Å². The van der Waals surface area contributed by atoms with Crippen LogP contribution in [0.3, 0.4) is 0 Å². The molecule has 4 aromatic heterocycles. The Labute approximate surface area is 192 Å². The molecule has 0 aliphatic rings. The first kappa shape index (κ1) is 23.3. The number of aryl methyl sites for hydroxylation is 1. The topological polar surface area (TPSA) is 114 Å². The van der Waals surface area contributed by atoms with Crippen molar-refractivity contribution in [2.24, 2.45) is 0 Å². The predicted octanol–water partition coefficient (Wildman–Crippen LogP) is 3.89. The minimum Gasteiger partial charge on any atom is -0.291 e. The molecule has 0 amide bonds. The number of nitrogens with zero attached hydrogens (tertiary/aromatic N) is 5. The molecule has 1 atom stereocenters. The standard InChI is InChI=1S/C22H17F3N6O2S/c1-13-9-17-18(10-26)20(31(21(17)29-11-13)15-5-7-27-8-6-15)19-4-3-16(12-28-19)34(32,33)30-14(2)22(23,24)25/h3-9,11-12,14,30H,1-2H3. The molecule has 1 N–H and O–H groups in total. The van der Waals surface area contributed by atoms with Gasteiger partial charge in [-0.15, -0.1) is 0 Å². The number of sulfonamides is 1. The van der Waals surface area contributed by atoms with Crippen molar-refractivity contribution in [3.8, 4) is 23.1 Å². The molecule has 0 radical (unpaired) electrons. The average molecular weight is 486 g/mol. The van der Waals surface area contributed by atoms with E-state index in [2.05, 4.69) is 21.0 Å². The molecule has 0 aliphatic heterocycles. The van der Waals surface area contributed by atoms with Crippen molar-refractivity contribution in [2.45, 2.75) is 31.0 Å². The molecule has 4 aromatic rings. The van der Waals surface area contributed by atoms with Gasteiger partial charge in [-0.2, -0.15) is 23.2 Å². The van der Waals surface area contributed by atoms with Crippen LogP contribution in [0.2, 0.25) is 0 Å². The normalized spacial score (nSPS) is 13.1. The highest BCUT2D eigenvalue weighted by atomic mass is 32.2. The molecule has 174 valence electrons. The van der Waals surface area contributed by atoms with Crippen LogP contribution < -0.4 is 4.72 Å². The molecule has 12 heteroatoms. The van der Waals surface area contributed by atoms with Gasteiger partial charge in [-0.1, -0.05) is 0 Å². The lowest BCUT2D eigenvalue weighted by atomic mass is 10.1. The minimum atomic E-state index is -4.74. The Morgan fingerprint density at radius 3 is 2.41 bits per heavy atom. The van der Waals surface area contributed by atoms with Gasteiger partial charge in [0.15, 0.2) is 0 Å². The largest absolute Gasteiger partial charge is 0.404 e. The van der Waals surface area contributed by atoms with Gasteiger partial charge in [-0.3, -0.25) is 14.5 Å². The van der Waals surface area contributed by atoms with Crippen molar-refractivity contribution < 1.29 is 21.6 Å². The number of halogens is 3. The smallest absolute Gasteiger partial charge is 0.291 e. The molecule has 0 fully saturated rings. The van der Waals surface area contributed by atoms with E-state index in [0.717, 1.165) is 17.8 Å². The van der Waals surface area contributed by atoms with Crippen molar-refractivity contribution in [3.63, 3.8) is 0 Å². The summed E-state index contributed by atoms with van der Waals surface area (Å²) in [5, 5.41) is 10.5. The lowest BCUT2D eigenvalue weighted by Crippen LogP contribution is -2.42. The van der Waals surface area contributed by atoms with Gasteiger partial charge in [0.05, 0.1) is 22.6 Å². The van der Waals surface area contributed by atoms with Crippen molar-refractivity contribution in [2.75, 3.05) is 0 Å². The van der Waals surface area contributed by atoms with E-state index in [0.29, 0.717) is 29.3 Å². The van der Waals surface area contributed by atoms with Gasteiger partial charge in [0, 0.05) is 30.2 Å². The molecular formula is C22H17F3N6O2S. The average Bonchev–Trinajstić information content (AvgIpc) is 3.12. The summed E-state index contributed by atoms with van der Waals surface area (Å²) in [5.41, 5.74) is 2.85. The molecule has 0 aromatic carbocycles. The molecule has 4 rings (SSSR count). The number of nitriles is 1. The molecule has 4 heterocycles. The third kappa shape index (κ3) is 4.23. The van der Waals surface area contributed by atoms with E-state index in [4.69, 9.17) is 0 Å². The SMILES string of the molecule is Cc1cnc2c(c1)c(C#N)c(-c1ccc(S(=O)(=O)NC(C)C(F)(F)F)cn1)n2-c1ccncc1. The van der Waals surface area contributed by atoms with E-state index in [-0.39, 0.29) is 11.3 Å². The molecular weight excluding hydrogens is 469 g/mol. The lowest BCUT2D eigenvalue weighted by Gasteiger charge is -2.17. The monoisotopic (exact) mass is 486 g/mol. The maximum atomic E-state index is 12.8. The highest BCUT2D eigenvalue weighted by molar-refractivity contribution is 7.89. The molecule has 34 heavy (non-hydrogen) atoms. The van der Waals surface area contributed by atoms with E-state index in [1.807, 2.05) is 13.0 Å². The van der Waals surface area contributed by atoms with Crippen LogP contribution in [0.1, 0.15) is 18.1 Å². The summed E-state index contributed by atoms with van der Waals surface area (Å²) in [6.45, 7) is 2.55. The summed E-state index contributed by atoms with van der Waals surface area (Å²) in [6.07, 6.45) is 1.01. The third-order valence-electron chi connectivity index (χ3n) is 5.09. The van der Waals surface area contributed by atoms with Crippen LogP contribution in [0.25, 0.3) is 28.1 Å². The Balaban J connectivity index is 1.87. The van der Waals surface area contributed by atoms with Crippen molar-refractivity contribution in [3.05, 3.63) is 66.2 Å². The lowest BCUT2D eigenvalue weighted by molar-refractivity contribution is -0.147. The first-order chi connectivity index (χ1) is 16.0. The quantitative estimate of drug-likeness (QED) is 0.458. The van der Waals surface area contributed by atoms with E-state index in [1.165, 1.54) is 6.07 Å². The van der Waals surface area contributed by atoms with Gasteiger partial charge in [0.25, 0.3) is 0 Å². The van der Waals surface area contributed by atoms with Crippen LogP contribution in [-0.2, 0) is 10.0 Å². The van der Waals surface area contributed by atoms with Crippen LogP contribution in [0, 0.1) is 18.3 Å². The molecule has 0 spiro atoms. The Hall–Kier alpha value is -3.82. The Kier molecular flexibility index (Phi) is 5.84. The third-order valence-corrected chi connectivity index (χ3v) is 6.62. The van der Waals surface area contributed by atoms with Gasteiger partial charge >= 0.3 is 6.18 Å². The van der Waals surface area contributed by atoms with Crippen LogP contribution in [0.15, 0.2) is 60.0 Å². The zero-order chi connectivity index (χ0) is 24.7. The number of hydrogen-bond acceptors (Lipinski definition) is 6. The highest BCUT2D eigenvalue weighted by Crippen LogP contribution is 2.35. The molecule has 0 saturated heterocycles. The zero-order valence-corrected chi connectivity index (χ0v) is 18.7. The first-order valence-electron chi connectivity index (χ1n) is 9.90. The molecule has 0 bridgehead atoms. The number of fused-ring (bicyclic) bond motifs is 1. The second-order valence-corrected chi connectivity index (χ2v) is 9.24. The fourth-order valence-corrected chi connectivity index (χ4v) is 4.59. The molecule has 8 nitrogen and oxygen atoms in total. The van der Waals surface area contributed by atoms with E-state index >= 15 is 0 Å². The predicted molar refractivity (Wildman–Crippen MR) is 117 cm³/mol. The van der Waals surface area contributed by atoms with Crippen LogP contribution >= 0.6 is 0 Å². The first-order valence-corrected chi connectivity index (χ1v) is 11.4. The zero-order valence-electron chi connectivity index (χ0n) is 17.9. The van der Waals surface area contributed by atoms with Crippen molar-refractivity contribution in [1.29, 1.82) is 5.26 Å². The second-order valence-electron chi connectivity index (χ2n) is 7.52. The van der Waals surface area contributed by atoms with Gasteiger partial charge < -0.3 is 0 Å². The Bertz CT molecular complexity index is 1510. The summed E-state index contributed by atoms with van der Waals surface area (Å²) in [4.78, 5) is 12.2. The maximum absolute atomic E-state index is 12.8. The van der Waals surface area contributed by atoms with Gasteiger partial charge in [0.2, 0.25) is 10.0 Å². The molecule has 1 unspecified atom stereocenters. The molecule has 0 saturated carbocycles. The van der Waals surface area contributed by atoms with Gasteiger partial charge in [0.1, 0.15) is 22.7 Å². The van der Waals surface area contributed by atoms with E-state index < -0.39 is 27.1 Å². The fraction of sp³-hybridized carbons (Fsp3) is 0.182. The summed E-state index contributed by atoms with van der Waals surface area (Å²) in [6, 6.07) is 7.62. The molecule has 0 aliphatic carbocycles. The Morgan fingerprint density at radius 1 is 1.12 bits per heavy atom. The minimum absolute atomic E-state index is 0.242. The number of nitrogens with one attached hydrogen (secondary N) is 1. The second kappa shape index (κ2) is 8.51. The van der Waals surface area contributed by atoms with E-state index in [1.54, 1.807) is 40.0 Å².